The number of fused-ring (bicyclic) bond motifs is 3. The summed E-state index contributed by atoms with van der Waals surface area (Å²) in [7, 11) is 0. The summed E-state index contributed by atoms with van der Waals surface area (Å²) in [5, 5.41) is 0. The van der Waals surface area contributed by atoms with Gasteiger partial charge in [0.25, 0.3) is 0 Å². The fourth-order valence-electron chi connectivity index (χ4n) is 9.97. The van der Waals surface area contributed by atoms with Crippen molar-refractivity contribution in [2.24, 2.45) is 0 Å². The van der Waals surface area contributed by atoms with Crippen LogP contribution in [0.15, 0.2) is 103 Å². The van der Waals surface area contributed by atoms with Crippen molar-refractivity contribution in [1.82, 2.24) is 19.9 Å². The molecule has 4 aromatic carbocycles. The molecule has 4 heteroatoms. The van der Waals surface area contributed by atoms with Gasteiger partial charge in [0.15, 0.2) is 17.5 Å². The SMILES string of the molecule is Cc1ccc2c(c1)C13CCCC1(CCC3)c1cc(-c3ccc(-c4nc(-c5ccc(C(C)(C)C)cc5)nc(-c5ccc(C(C)(C)C)cc5)n4)cn3)ccc1-2. The zero-order valence-electron chi connectivity index (χ0n) is 32.3. The predicted octanol–water partition coefficient (Wildman–Crippen LogP) is 12.4. The Morgan fingerprint density at radius 1 is 0.472 bits per heavy atom. The molecule has 2 saturated carbocycles. The zero-order valence-corrected chi connectivity index (χ0v) is 32.3. The first kappa shape index (κ1) is 33.8. The van der Waals surface area contributed by atoms with E-state index in [1.165, 1.54) is 71.9 Å². The van der Waals surface area contributed by atoms with E-state index in [9.17, 15) is 0 Å². The molecule has 3 aliphatic rings. The van der Waals surface area contributed by atoms with Gasteiger partial charge in [-0.2, -0.15) is 0 Å². The normalized spacial score (nSPS) is 20.4. The average molecular weight is 695 g/mol. The van der Waals surface area contributed by atoms with Gasteiger partial charge in [-0.15, -0.1) is 0 Å². The zero-order chi connectivity index (χ0) is 36.8. The van der Waals surface area contributed by atoms with Crippen LogP contribution in [0.2, 0.25) is 0 Å². The molecule has 0 N–H and O–H groups in total. The molecule has 0 bridgehead atoms. The maximum Gasteiger partial charge on any atom is 0.165 e. The Morgan fingerprint density at radius 3 is 1.38 bits per heavy atom. The van der Waals surface area contributed by atoms with Crippen LogP contribution in [0.5, 0.6) is 0 Å². The molecule has 9 rings (SSSR count). The van der Waals surface area contributed by atoms with Gasteiger partial charge in [0.05, 0.1) is 5.69 Å². The number of pyridine rings is 1. The number of aryl methyl sites for hydroxylation is 1. The highest BCUT2D eigenvalue weighted by Gasteiger charge is 2.62. The third-order valence-corrected chi connectivity index (χ3v) is 12.8. The Kier molecular flexibility index (Phi) is 7.68. The van der Waals surface area contributed by atoms with Crippen molar-refractivity contribution in [2.75, 3.05) is 0 Å². The van der Waals surface area contributed by atoms with Crippen LogP contribution in [0, 0.1) is 6.92 Å². The van der Waals surface area contributed by atoms with Gasteiger partial charge in [0.1, 0.15) is 0 Å². The minimum atomic E-state index is 0.0643. The van der Waals surface area contributed by atoms with Crippen LogP contribution in [0.1, 0.15) is 108 Å². The second kappa shape index (κ2) is 12.0. The third kappa shape index (κ3) is 5.47. The standard InChI is InChI=1S/C49H50N4/c1-31-10-21-38-39-22-15-34(29-41(39)49-26-8-24-48(49,25-9-27-49)40(38)28-31)42-23-16-35(30-50-42)45-52-43(32-11-17-36(18-12-32)46(2,3)4)51-44(53-45)33-13-19-37(20-14-33)47(5,6)7/h10-23,28-30H,8-9,24-27H2,1-7H3. The molecule has 0 amide bonds. The number of hydrogen-bond donors (Lipinski definition) is 0. The molecule has 2 aromatic heterocycles. The van der Waals surface area contributed by atoms with Gasteiger partial charge < -0.3 is 0 Å². The van der Waals surface area contributed by atoms with E-state index in [4.69, 9.17) is 19.9 Å². The van der Waals surface area contributed by atoms with Crippen LogP contribution in [-0.4, -0.2) is 19.9 Å². The summed E-state index contributed by atoms with van der Waals surface area (Å²) in [6, 6.07) is 35.9. The topological polar surface area (TPSA) is 51.6 Å². The van der Waals surface area contributed by atoms with Crippen molar-refractivity contribution in [2.45, 2.75) is 109 Å². The molecule has 0 radical (unpaired) electrons. The molecule has 2 fully saturated rings. The summed E-state index contributed by atoms with van der Waals surface area (Å²) in [6.45, 7) is 15.7. The van der Waals surface area contributed by atoms with E-state index >= 15 is 0 Å². The summed E-state index contributed by atoms with van der Waals surface area (Å²) in [4.78, 5) is 20.2. The summed E-state index contributed by atoms with van der Waals surface area (Å²) in [5.41, 5.74) is 15.6. The third-order valence-electron chi connectivity index (χ3n) is 12.8. The quantitative estimate of drug-likeness (QED) is 0.184. The van der Waals surface area contributed by atoms with E-state index in [1.54, 1.807) is 11.1 Å². The van der Waals surface area contributed by atoms with Crippen molar-refractivity contribution < 1.29 is 0 Å². The fourth-order valence-corrected chi connectivity index (χ4v) is 9.97. The minimum absolute atomic E-state index is 0.0643. The average Bonchev–Trinajstić information content (AvgIpc) is 3.73. The molecule has 53 heavy (non-hydrogen) atoms. The number of aromatic nitrogens is 4. The number of nitrogens with zero attached hydrogens (tertiary/aromatic N) is 4. The Hall–Kier alpha value is -4.96. The van der Waals surface area contributed by atoms with Crippen LogP contribution >= 0.6 is 0 Å². The molecule has 0 unspecified atom stereocenters. The highest BCUT2D eigenvalue weighted by atomic mass is 15.0. The first-order chi connectivity index (χ1) is 25.3. The van der Waals surface area contributed by atoms with Gasteiger partial charge in [-0.25, -0.2) is 15.0 Å². The van der Waals surface area contributed by atoms with Crippen molar-refractivity contribution in [1.29, 1.82) is 0 Å². The second-order valence-corrected chi connectivity index (χ2v) is 18.1. The first-order valence-electron chi connectivity index (χ1n) is 19.6. The van der Waals surface area contributed by atoms with Gasteiger partial charge >= 0.3 is 0 Å². The minimum Gasteiger partial charge on any atom is -0.255 e. The molecule has 3 aliphatic carbocycles. The lowest BCUT2D eigenvalue weighted by molar-refractivity contribution is 0.299. The number of benzene rings is 4. The lowest BCUT2D eigenvalue weighted by Gasteiger charge is -2.48. The van der Waals surface area contributed by atoms with Gasteiger partial charge in [-0.05, 0) is 95.0 Å². The predicted molar refractivity (Wildman–Crippen MR) is 218 cm³/mol. The summed E-state index contributed by atoms with van der Waals surface area (Å²) in [6.07, 6.45) is 9.72. The number of hydrogen-bond acceptors (Lipinski definition) is 4. The molecular formula is C49H50N4. The lowest BCUT2D eigenvalue weighted by Crippen LogP contribution is -2.43. The second-order valence-electron chi connectivity index (χ2n) is 18.1. The maximum absolute atomic E-state index is 5.08. The van der Waals surface area contributed by atoms with E-state index in [2.05, 4.69) is 146 Å². The molecular weight excluding hydrogens is 645 g/mol. The van der Waals surface area contributed by atoms with Crippen LogP contribution in [0.4, 0.5) is 0 Å². The maximum atomic E-state index is 5.08. The summed E-state index contributed by atoms with van der Waals surface area (Å²) >= 11 is 0. The van der Waals surface area contributed by atoms with Gasteiger partial charge in [-0.3, -0.25) is 4.98 Å². The van der Waals surface area contributed by atoms with Gasteiger partial charge in [-0.1, -0.05) is 139 Å². The van der Waals surface area contributed by atoms with Gasteiger partial charge in [0, 0.05) is 39.3 Å². The van der Waals surface area contributed by atoms with E-state index < -0.39 is 0 Å². The lowest BCUT2D eigenvalue weighted by atomic mass is 9.55. The van der Waals surface area contributed by atoms with Crippen molar-refractivity contribution in [3.63, 3.8) is 0 Å². The Bertz CT molecular complexity index is 2270. The highest BCUT2D eigenvalue weighted by molar-refractivity contribution is 5.82. The van der Waals surface area contributed by atoms with Crippen molar-refractivity contribution in [3.05, 3.63) is 131 Å². The van der Waals surface area contributed by atoms with E-state index in [0.29, 0.717) is 17.5 Å². The molecule has 0 saturated heterocycles. The molecule has 2 heterocycles. The Balaban J connectivity index is 1.11. The van der Waals surface area contributed by atoms with Crippen LogP contribution < -0.4 is 0 Å². The van der Waals surface area contributed by atoms with Crippen molar-refractivity contribution >= 4 is 0 Å². The molecule has 6 aromatic rings. The highest BCUT2D eigenvalue weighted by Crippen LogP contribution is 2.69. The summed E-state index contributed by atoms with van der Waals surface area (Å²) < 4.78 is 0. The Morgan fingerprint density at radius 2 is 0.906 bits per heavy atom. The fraction of sp³-hybridized carbons (Fsp3) is 0.347. The monoisotopic (exact) mass is 694 g/mol. The first-order valence-corrected chi connectivity index (χ1v) is 19.6. The van der Waals surface area contributed by atoms with E-state index in [-0.39, 0.29) is 21.7 Å². The van der Waals surface area contributed by atoms with E-state index in [0.717, 1.165) is 22.4 Å². The van der Waals surface area contributed by atoms with E-state index in [1.807, 2.05) is 6.20 Å². The molecule has 0 atom stereocenters. The van der Waals surface area contributed by atoms with Crippen molar-refractivity contribution in [3.8, 4) is 56.5 Å². The smallest absolute Gasteiger partial charge is 0.165 e. The molecule has 0 spiro atoms. The summed E-state index contributed by atoms with van der Waals surface area (Å²) in [5.74, 6) is 1.95. The Labute approximate surface area is 315 Å². The number of rotatable bonds is 4. The molecule has 4 nitrogen and oxygen atoms in total. The van der Waals surface area contributed by atoms with Crippen LogP contribution in [-0.2, 0) is 21.7 Å². The molecule has 266 valence electrons. The molecule has 0 aliphatic heterocycles. The van der Waals surface area contributed by atoms with Crippen LogP contribution in [0.3, 0.4) is 0 Å². The van der Waals surface area contributed by atoms with Crippen LogP contribution in [0.25, 0.3) is 56.5 Å². The van der Waals surface area contributed by atoms with Gasteiger partial charge in [0.2, 0.25) is 0 Å². The largest absolute Gasteiger partial charge is 0.255 e.